The number of fused-ring (bicyclic) bond motifs is 1. The number of carbonyl (C=O) groups excluding carboxylic acids is 1. The van der Waals surface area contributed by atoms with Gasteiger partial charge in [-0.25, -0.2) is 0 Å². The van der Waals surface area contributed by atoms with E-state index in [1.165, 1.54) is 24.0 Å². The third-order valence-electron chi connectivity index (χ3n) is 7.75. The molecule has 1 amide bonds. The van der Waals surface area contributed by atoms with Gasteiger partial charge in [0, 0.05) is 25.7 Å². The Hall–Kier alpha value is -2.37. The molecule has 1 atom stereocenters. The maximum Gasteiger partial charge on any atom is 0.257 e. The number of likely N-dealkylation sites (tertiary alicyclic amines) is 1. The van der Waals surface area contributed by atoms with Gasteiger partial charge in [-0.05, 0) is 80.8 Å². The highest BCUT2D eigenvalue weighted by Gasteiger charge is 2.32. The second-order valence-corrected chi connectivity index (χ2v) is 9.86. The predicted molar refractivity (Wildman–Crippen MR) is 130 cm³/mol. The maximum atomic E-state index is 13.6. The van der Waals surface area contributed by atoms with Crippen LogP contribution in [0.4, 0.5) is 0 Å². The van der Waals surface area contributed by atoms with E-state index < -0.39 is 0 Å². The fraction of sp³-hybridized carbons (Fsp3) is 0.536. The predicted octanol–water partition coefficient (Wildman–Crippen LogP) is 4.20. The van der Waals surface area contributed by atoms with Gasteiger partial charge in [-0.15, -0.1) is 0 Å². The number of rotatable bonds is 7. The molecule has 2 saturated heterocycles. The van der Waals surface area contributed by atoms with Crippen LogP contribution in [-0.2, 0) is 17.6 Å². The zero-order valence-corrected chi connectivity index (χ0v) is 19.7. The Balaban J connectivity index is 1.22. The number of hydrogen-bond acceptors (Lipinski definition) is 4. The van der Waals surface area contributed by atoms with Gasteiger partial charge >= 0.3 is 0 Å². The highest BCUT2D eigenvalue weighted by molar-refractivity contribution is 5.97. The summed E-state index contributed by atoms with van der Waals surface area (Å²) in [7, 11) is 1.63. The molecule has 2 aromatic carbocycles. The molecule has 5 nitrogen and oxygen atoms in total. The molecule has 2 aromatic rings. The first-order valence-corrected chi connectivity index (χ1v) is 12.6. The fourth-order valence-electron chi connectivity index (χ4n) is 5.87. The van der Waals surface area contributed by atoms with E-state index in [4.69, 9.17) is 9.47 Å². The lowest BCUT2D eigenvalue weighted by molar-refractivity contribution is 0.0428. The number of piperidine rings is 1. The first-order chi connectivity index (χ1) is 16.2. The van der Waals surface area contributed by atoms with Gasteiger partial charge in [-0.2, -0.15) is 0 Å². The van der Waals surface area contributed by atoms with Crippen molar-refractivity contribution in [1.29, 1.82) is 0 Å². The summed E-state index contributed by atoms with van der Waals surface area (Å²) in [5.41, 5.74) is 3.70. The number of hydrogen-bond donors (Lipinski definition) is 0. The summed E-state index contributed by atoms with van der Waals surface area (Å²) < 4.78 is 11.4. The molecule has 5 heteroatoms. The molecule has 2 aliphatic heterocycles. The molecule has 0 aromatic heterocycles. The summed E-state index contributed by atoms with van der Waals surface area (Å²) >= 11 is 0. The maximum absolute atomic E-state index is 13.6. The Labute approximate surface area is 197 Å². The number of ether oxygens (including phenoxy) is 2. The first kappa shape index (κ1) is 22.4. The van der Waals surface area contributed by atoms with Crippen molar-refractivity contribution in [1.82, 2.24) is 9.80 Å². The SMILES string of the molecule is COc1ccccc1C(=O)N(CC1CCN(C2Cc3ccccc3C2)CC1)C[C@H]1CCCO1. The zero-order chi connectivity index (χ0) is 22.6. The number of carbonyl (C=O) groups is 1. The minimum Gasteiger partial charge on any atom is -0.496 e. The summed E-state index contributed by atoms with van der Waals surface area (Å²) in [4.78, 5) is 18.3. The van der Waals surface area contributed by atoms with Crippen molar-refractivity contribution in [2.75, 3.05) is 39.9 Å². The van der Waals surface area contributed by atoms with Crippen molar-refractivity contribution < 1.29 is 14.3 Å². The molecule has 0 bridgehead atoms. The molecular weight excluding hydrogens is 412 g/mol. The van der Waals surface area contributed by atoms with Crippen LogP contribution in [0, 0.1) is 5.92 Å². The molecule has 1 aliphatic carbocycles. The third kappa shape index (κ3) is 5.10. The van der Waals surface area contributed by atoms with Crippen molar-refractivity contribution in [2.24, 2.45) is 5.92 Å². The average molecular weight is 449 g/mol. The van der Waals surface area contributed by atoms with Gasteiger partial charge in [0.25, 0.3) is 5.91 Å². The minimum atomic E-state index is 0.0663. The molecule has 2 heterocycles. The lowest BCUT2D eigenvalue weighted by Crippen LogP contribution is -2.46. The third-order valence-corrected chi connectivity index (χ3v) is 7.75. The van der Waals surface area contributed by atoms with Crippen molar-refractivity contribution in [3.63, 3.8) is 0 Å². The summed E-state index contributed by atoms with van der Waals surface area (Å²) in [5, 5.41) is 0. The van der Waals surface area contributed by atoms with Gasteiger partial charge in [0.15, 0.2) is 0 Å². The molecular formula is C28H36N2O3. The van der Waals surface area contributed by atoms with E-state index in [9.17, 15) is 4.79 Å². The molecule has 176 valence electrons. The van der Waals surface area contributed by atoms with Gasteiger partial charge in [-0.1, -0.05) is 36.4 Å². The smallest absolute Gasteiger partial charge is 0.257 e. The Morgan fingerprint density at radius 1 is 1.00 bits per heavy atom. The van der Waals surface area contributed by atoms with Gasteiger partial charge in [0.1, 0.15) is 5.75 Å². The van der Waals surface area contributed by atoms with Crippen LogP contribution in [0.2, 0.25) is 0 Å². The van der Waals surface area contributed by atoms with Crippen LogP contribution in [0.3, 0.4) is 0 Å². The topological polar surface area (TPSA) is 42.0 Å². The molecule has 0 spiro atoms. The van der Waals surface area contributed by atoms with E-state index in [0.29, 0.717) is 29.8 Å². The monoisotopic (exact) mass is 448 g/mol. The van der Waals surface area contributed by atoms with Crippen molar-refractivity contribution in [3.05, 3.63) is 65.2 Å². The van der Waals surface area contributed by atoms with Crippen molar-refractivity contribution >= 4 is 5.91 Å². The second-order valence-electron chi connectivity index (χ2n) is 9.86. The van der Waals surface area contributed by atoms with Crippen molar-refractivity contribution in [2.45, 2.75) is 50.7 Å². The quantitative estimate of drug-likeness (QED) is 0.637. The van der Waals surface area contributed by atoms with Crippen LogP contribution in [0.25, 0.3) is 0 Å². The largest absolute Gasteiger partial charge is 0.496 e. The number of amides is 1. The van der Waals surface area contributed by atoms with Crippen molar-refractivity contribution in [3.8, 4) is 5.75 Å². The Morgan fingerprint density at radius 3 is 2.36 bits per heavy atom. The van der Waals surface area contributed by atoms with Crippen LogP contribution in [-0.4, -0.2) is 67.7 Å². The molecule has 0 N–H and O–H groups in total. The highest BCUT2D eigenvalue weighted by atomic mass is 16.5. The van der Waals surface area contributed by atoms with E-state index in [-0.39, 0.29) is 12.0 Å². The Kier molecular flexibility index (Phi) is 6.98. The minimum absolute atomic E-state index is 0.0663. The number of nitrogens with zero attached hydrogens (tertiary/aromatic N) is 2. The summed E-state index contributed by atoms with van der Waals surface area (Å²) in [6.07, 6.45) is 6.93. The summed E-state index contributed by atoms with van der Waals surface area (Å²) in [6, 6.07) is 17.1. The van der Waals surface area contributed by atoms with Gasteiger partial charge in [0.05, 0.1) is 18.8 Å². The van der Waals surface area contributed by atoms with Gasteiger partial charge in [0.2, 0.25) is 0 Å². The van der Waals surface area contributed by atoms with E-state index in [1.807, 2.05) is 29.2 Å². The van der Waals surface area contributed by atoms with Gasteiger partial charge < -0.3 is 14.4 Å². The van der Waals surface area contributed by atoms with Crippen LogP contribution in [0.1, 0.15) is 47.2 Å². The summed E-state index contributed by atoms with van der Waals surface area (Å²) in [6.45, 7) is 4.54. The van der Waals surface area contributed by atoms with E-state index in [1.54, 1.807) is 7.11 Å². The number of methoxy groups -OCH3 is 1. The van der Waals surface area contributed by atoms with E-state index in [0.717, 1.165) is 51.9 Å². The fourth-order valence-corrected chi connectivity index (χ4v) is 5.87. The molecule has 5 rings (SSSR count). The van der Waals surface area contributed by atoms with Gasteiger partial charge in [-0.3, -0.25) is 9.69 Å². The van der Waals surface area contributed by atoms with Crippen LogP contribution in [0.15, 0.2) is 48.5 Å². The molecule has 0 unspecified atom stereocenters. The van der Waals surface area contributed by atoms with E-state index in [2.05, 4.69) is 29.2 Å². The number of para-hydroxylation sites is 1. The summed E-state index contributed by atoms with van der Waals surface area (Å²) in [5.74, 6) is 1.25. The molecule has 0 radical (unpaired) electrons. The molecule has 2 fully saturated rings. The normalized spacial score (nSPS) is 21.8. The highest BCUT2D eigenvalue weighted by Crippen LogP contribution is 2.30. The van der Waals surface area contributed by atoms with Crippen LogP contribution < -0.4 is 4.74 Å². The second kappa shape index (κ2) is 10.3. The lowest BCUT2D eigenvalue weighted by Gasteiger charge is -2.38. The zero-order valence-electron chi connectivity index (χ0n) is 19.7. The first-order valence-electron chi connectivity index (χ1n) is 12.6. The van der Waals surface area contributed by atoms with Crippen LogP contribution >= 0.6 is 0 Å². The Bertz CT molecular complexity index is 923. The molecule has 3 aliphatic rings. The van der Waals surface area contributed by atoms with Crippen LogP contribution in [0.5, 0.6) is 5.75 Å². The lowest BCUT2D eigenvalue weighted by atomic mass is 9.94. The number of benzene rings is 2. The van der Waals surface area contributed by atoms with E-state index >= 15 is 0 Å². The average Bonchev–Trinajstić information content (AvgIpc) is 3.53. The molecule has 0 saturated carbocycles. The molecule has 33 heavy (non-hydrogen) atoms. The Morgan fingerprint density at radius 2 is 1.70 bits per heavy atom. The standard InChI is InChI=1S/C28H36N2O3/c1-32-27-11-5-4-10-26(27)28(31)30(20-25-9-6-16-33-25)19-21-12-14-29(15-13-21)24-17-22-7-2-3-8-23(22)18-24/h2-5,7-8,10-11,21,24-25H,6,9,12-20H2,1H3/t25-/m1/s1.